The van der Waals surface area contributed by atoms with Gasteiger partial charge in [-0.05, 0) is 29.3 Å². The topological polar surface area (TPSA) is 139 Å². The van der Waals surface area contributed by atoms with Gasteiger partial charge in [0.2, 0.25) is 0 Å². The van der Waals surface area contributed by atoms with Crippen LogP contribution < -0.4 is 16.4 Å². The van der Waals surface area contributed by atoms with Crippen molar-refractivity contribution in [3.63, 3.8) is 0 Å². The molecule has 0 bridgehead atoms. The highest BCUT2D eigenvalue weighted by Gasteiger charge is 2.30. The Hall–Kier alpha value is -4.76. The van der Waals surface area contributed by atoms with Crippen molar-refractivity contribution in [3.8, 4) is 11.3 Å². The van der Waals surface area contributed by atoms with Crippen molar-refractivity contribution in [1.82, 2.24) is 9.97 Å². The van der Waals surface area contributed by atoms with Crippen LogP contribution in [0, 0.1) is 10.1 Å². The second-order valence-corrected chi connectivity index (χ2v) is 8.38. The van der Waals surface area contributed by atoms with Crippen molar-refractivity contribution >= 4 is 34.2 Å². The van der Waals surface area contributed by atoms with Gasteiger partial charge in [-0.2, -0.15) is 0 Å². The molecule has 1 aliphatic heterocycles. The quantitative estimate of drug-likeness (QED) is 0.168. The van der Waals surface area contributed by atoms with E-state index in [1.807, 2.05) is 61.7 Å². The van der Waals surface area contributed by atoms with Gasteiger partial charge in [0.15, 0.2) is 0 Å². The number of nitrogens with two attached hydrogens (primary N) is 1. The van der Waals surface area contributed by atoms with Gasteiger partial charge in [0.25, 0.3) is 11.6 Å². The fourth-order valence-corrected chi connectivity index (χ4v) is 4.16. The summed E-state index contributed by atoms with van der Waals surface area (Å²) in [4.78, 5) is 31.8. The fraction of sp³-hybridized carbons (Fsp3) is 0.111. The minimum atomic E-state index is -0.471. The molecule has 1 amide bonds. The largest absolute Gasteiger partial charge is 0.354 e. The van der Waals surface area contributed by atoms with Crippen molar-refractivity contribution in [1.29, 1.82) is 0 Å². The van der Waals surface area contributed by atoms with E-state index in [1.54, 1.807) is 6.07 Å². The third kappa shape index (κ3) is 4.35. The number of non-ortho nitro benzene ring substituents is 1. The van der Waals surface area contributed by atoms with Crippen LogP contribution in [0.2, 0.25) is 0 Å². The Balaban J connectivity index is 1.59. The molecule has 4 aromatic rings. The van der Waals surface area contributed by atoms with Gasteiger partial charge in [-0.1, -0.05) is 43.3 Å². The molecule has 5 rings (SSSR count). The van der Waals surface area contributed by atoms with Crippen LogP contribution in [0.4, 0.5) is 17.1 Å². The summed E-state index contributed by atoms with van der Waals surface area (Å²) in [6.07, 6.45) is 2.70. The van der Waals surface area contributed by atoms with Gasteiger partial charge in [-0.3, -0.25) is 14.9 Å². The van der Waals surface area contributed by atoms with Gasteiger partial charge < -0.3 is 21.4 Å². The Morgan fingerprint density at radius 1 is 1.08 bits per heavy atom. The summed E-state index contributed by atoms with van der Waals surface area (Å²) in [5, 5.41) is 17.6. The third-order valence-electron chi connectivity index (χ3n) is 6.10. The number of nitrogens with one attached hydrogen (secondary N) is 3. The highest BCUT2D eigenvalue weighted by Crippen LogP contribution is 2.39. The number of aromatic amines is 1. The minimum absolute atomic E-state index is 0.0876. The molecule has 36 heavy (non-hydrogen) atoms. The number of nitro groups is 1. The zero-order valence-corrected chi connectivity index (χ0v) is 19.5. The summed E-state index contributed by atoms with van der Waals surface area (Å²) in [5.74, 6) is 0.580. The molecule has 9 nitrogen and oxygen atoms in total. The van der Waals surface area contributed by atoms with Crippen LogP contribution in [-0.4, -0.2) is 20.8 Å². The number of anilines is 2. The number of carbonyl (C=O) groups excluding carboxylic acids is 1. The van der Waals surface area contributed by atoms with Gasteiger partial charge in [0.05, 0.1) is 21.9 Å². The van der Waals surface area contributed by atoms with Crippen molar-refractivity contribution in [2.75, 3.05) is 10.6 Å². The number of aromatic nitrogens is 2. The molecule has 180 valence electrons. The van der Waals surface area contributed by atoms with Gasteiger partial charge >= 0.3 is 0 Å². The lowest BCUT2D eigenvalue weighted by Crippen LogP contribution is -2.10. The van der Waals surface area contributed by atoms with Crippen LogP contribution >= 0.6 is 0 Å². The van der Waals surface area contributed by atoms with Crippen LogP contribution in [0.1, 0.15) is 29.4 Å². The van der Waals surface area contributed by atoms with Crippen molar-refractivity contribution < 1.29 is 9.72 Å². The summed E-state index contributed by atoms with van der Waals surface area (Å²) >= 11 is 0. The van der Waals surface area contributed by atoms with Gasteiger partial charge in [-0.25, -0.2) is 4.98 Å². The number of H-pyrrole nitrogens is 1. The Morgan fingerprint density at radius 3 is 2.47 bits per heavy atom. The van der Waals surface area contributed by atoms with Crippen molar-refractivity contribution in [3.05, 3.63) is 106 Å². The molecule has 0 fully saturated rings. The number of aryl methyl sites for hydroxylation is 1. The van der Waals surface area contributed by atoms with E-state index in [2.05, 4.69) is 20.6 Å². The Morgan fingerprint density at radius 2 is 1.83 bits per heavy atom. The maximum absolute atomic E-state index is 13.1. The maximum Gasteiger partial charge on any atom is 0.270 e. The van der Waals surface area contributed by atoms with Crippen LogP contribution in [0.3, 0.4) is 0 Å². The molecule has 1 aromatic heterocycles. The summed E-state index contributed by atoms with van der Waals surface area (Å²) in [6.45, 7) is 2.43. The minimum Gasteiger partial charge on any atom is -0.354 e. The lowest BCUT2D eigenvalue weighted by atomic mass is 9.98. The van der Waals surface area contributed by atoms with Crippen LogP contribution in [0.5, 0.6) is 0 Å². The molecule has 0 unspecified atom stereocenters. The van der Waals surface area contributed by atoms with Gasteiger partial charge in [0.1, 0.15) is 5.82 Å². The van der Waals surface area contributed by atoms with Crippen LogP contribution in [-0.2, 0) is 17.8 Å². The van der Waals surface area contributed by atoms with Crippen molar-refractivity contribution in [2.45, 2.75) is 19.9 Å². The third-order valence-corrected chi connectivity index (χ3v) is 6.10. The molecule has 2 heterocycles. The molecule has 0 saturated heterocycles. The molecule has 3 aromatic carbocycles. The molecule has 0 radical (unpaired) electrons. The molecular formula is C27H24N6O3. The summed E-state index contributed by atoms with van der Waals surface area (Å²) < 4.78 is 0. The molecule has 0 spiro atoms. The van der Waals surface area contributed by atoms with E-state index in [4.69, 9.17) is 5.73 Å². The van der Waals surface area contributed by atoms with E-state index < -0.39 is 4.92 Å². The number of fused-ring (bicyclic) bond motifs is 1. The van der Waals surface area contributed by atoms with Gasteiger partial charge in [0, 0.05) is 53.8 Å². The number of benzene rings is 3. The van der Waals surface area contributed by atoms with Crippen LogP contribution in [0.25, 0.3) is 22.5 Å². The van der Waals surface area contributed by atoms with Crippen molar-refractivity contribution in [2.24, 2.45) is 5.73 Å². The monoisotopic (exact) mass is 480 g/mol. The van der Waals surface area contributed by atoms with E-state index in [9.17, 15) is 14.9 Å². The lowest BCUT2D eigenvalue weighted by molar-refractivity contribution is -0.384. The van der Waals surface area contributed by atoms with E-state index in [0.717, 1.165) is 40.3 Å². The summed E-state index contributed by atoms with van der Waals surface area (Å²) in [7, 11) is 0. The lowest BCUT2D eigenvalue weighted by Gasteiger charge is -2.15. The van der Waals surface area contributed by atoms with E-state index in [0.29, 0.717) is 29.1 Å². The van der Waals surface area contributed by atoms with E-state index in [1.165, 1.54) is 12.1 Å². The molecular weight excluding hydrogens is 456 g/mol. The molecule has 1 aliphatic rings. The number of amides is 1. The average molecular weight is 481 g/mol. The molecule has 0 atom stereocenters. The Bertz CT molecular complexity index is 1490. The van der Waals surface area contributed by atoms with E-state index in [-0.39, 0.29) is 11.6 Å². The first-order valence-electron chi connectivity index (χ1n) is 11.5. The second kappa shape index (κ2) is 9.47. The molecule has 0 saturated carbocycles. The first kappa shape index (κ1) is 23.0. The molecule has 0 aliphatic carbocycles. The number of imidazole rings is 1. The average Bonchev–Trinajstić information content (AvgIpc) is 3.51. The van der Waals surface area contributed by atoms with Gasteiger partial charge in [-0.15, -0.1) is 0 Å². The smallest absolute Gasteiger partial charge is 0.270 e. The number of nitrogens with zero attached hydrogens (tertiary/aromatic N) is 2. The number of rotatable bonds is 7. The summed E-state index contributed by atoms with van der Waals surface area (Å²) in [5.41, 5.74) is 11.8. The van der Waals surface area contributed by atoms with E-state index >= 15 is 0 Å². The second-order valence-electron chi connectivity index (χ2n) is 8.38. The Kier molecular flexibility index (Phi) is 6.05. The Labute approximate surface area is 207 Å². The first-order valence-corrected chi connectivity index (χ1v) is 11.5. The predicted octanol–water partition coefficient (Wildman–Crippen LogP) is 4.94. The number of carbonyl (C=O) groups is 1. The highest BCUT2D eigenvalue weighted by atomic mass is 16.6. The standard InChI is InChI=1S/C27H24N6O3/c1-2-24-29-15-23(31-24)17-7-9-19(10-8-17)30-26(18-5-3-16(14-28)4-6-18)25-21-13-20(33(35)36)11-12-22(21)32-27(25)34/h3-13,15,30H,2,14,28H2,1H3,(H,29,31)(H,32,34). The SMILES string of the molecule is CCc1nc(-c2ccc(NC(=C3C(=O)Nc4ccc([N+](=O)[O-])cc43)c3ccc(CN)cc3)cc2)c[nH]1. The maximum atomic E-state index is 13.1. The summed E-state index contributed by atoms with van der Waals surface area (Å²) in [6, 6.07) is 19.6. The first-order chi connectivity index (χ1) is 17.5. The number of nitro benzene ring substituents is 1. The highest BCUT2D eigenvalue weighted by molar-refractivity contribution is 6.37. The molecule has 9 heteroatoms. The van der Waals surface area contributed by atoms with Crippen LogP contribution in [0.15, 0.2) is 72.9 Å². The fourth-order valence-electron chi connectivity index (χ4n) is 4.16. The predicted molar refractivity (Wildman–Crippen MR) is 140 cm³/mol. The molecule has 5 N–H and O–H groups in total. The normalized spacial score (nSPS) is 13.8. The number of hydrogen-bond acceptors (Lipinski definition) is 6. The number of hydrogen-bond donors (Lipinski definition) is 4. The zero-order chi connectivity index (χ0) is 25.2. The zero-order valence-electron chi connectivity index (χ0n) is 19.5.